The summed E-state index contributed by atoms with van der Waals surface area (Å²) in [6.07, 6.45) is 2.96. The summed E-state index contributed by atoms with van der Waals surface area (Å²) in [6.45, 7) is 17.0. The molecule has 1 fully saturated rings. The summed E-state index contributed by atoms with van der Waals surface area (Å²) >= 11 is 1.73. The normalized spacial score (nSPS) is 24.8. The van der Waals surface area contributed by atoms with Crippen molar-refractivity contribution < 1.29 is 9.22 Å². The summed E-state index contributed by atoms with van der Waals surface area (Å²) in [6, 6.07) is 0. The lowest BCUT2D eigenvalue weighted by atomic mass is 9.96. The Kier molecular flexibility index (Phi) is 5.93. The molecule has 0 aromatic rings. The molecule has 1 amide bonds. The Hall–Kier alpha value is -0.263. The van der Waals surface area contributed by atoms with Crippen molar-refractivity contribution in [2.24, 2.45) is 5.92 Å². The van der Waals surface area contributed by atoms with Crippen LogP contribution in [0.3, 0.4) is 0 Å². The molecule has 0 aromatic carbocycles. The topological polar surface area (TPSA) is 38.3 Å². The van der Waals surface area contributed by atoms with E-state index >= 15 is 0 Å². The van der Waals surface area contributed by atoms with E-state index in [1.54, 1.807) is 11.8 Å². The van der Waals surface area contributed by atoms with Gasteiger partial charge in [-0.15, -0.1) is 18.3 Å². The molecule has 1 N–H and O–H groups in total. The van der Waals surface area contributed by atoms with Gasteiger partial charge in [0.2, 0.25) is 5.91 Å². The maximum Gasteiger partial charge on any atom is 0.229 e. The predicted octanol–water partition coefficient (Wildman–Crippen LogP) is 3.78. The Balaban J connectivity index is 2.67. The second-order valence-corrected chi connectivity index (χ2v) is 12.4. The summed E-state index contributed by atoms with van der Waals surface area (Å²) in [5.41, 5.74) is 0. The molecule has 1 heterocycles. The average Bonchev–Trinajstić information content (AvgIpc) is 2.32. The number of hydrogen-bond acceptors (Lipinski definition) is 3. The Labute approximate surface area is 129 Å². The lowest BCUT2D eigenvalue weighted by Gasteiger charge is -2.46. The fourth-order valence-corrected chi connectivity index (χ4v) is 5.61. The molecule has 0 bridgehead atoms. The minimum Gasteiger partial charge on any atom is -0.413 e. The van der Waals surface area contributed by atoms with Crippen molar-refractivity contribution >= 4 is 26.0 Å². The first-order valence-electron chi connectivity index (χ1n) is 7.37. The molecule has 116 valence electrons. The minimum absolute atomic E-state index is 0.0152. The van der Waals surface area contributed by atoms with Gasteiger partial charge in [-0.25, -0.2) is 0 Å². The molecule has 0 radical (unpaired) electrons. The Morgan fingerprint density at radius 2 is 2.15 bits per heavy atom. The smallest absolute Gasteiger partial charge is 0.229 e. The molecule has 3 nitrogen and oxygen atoms in total. The van der Waals surface area contributed by atoms with Gasteiger partial charge >= 0.3 is 0 Å². The van der Waals surface area contributed by atoms with Crippen LogP contribution in [-0.2, 0) is 9.22 Å². The third kappa shape index (κ3) is 3.68. The van der Waals surface area contributed by atoms with Gasteiger partial charge in [-0.1, -0.05) is 33.3 Å². The second kappa shape index (κ2) is 6.67. The molecule has 0 saturated carbocycles. The van der Waals surface area contributed by atoms with Crippen molar-refractivity contribution in [3.05, 3.63) is 12.7 Å². The van der Waals surface area contributed by atoms with Crippen LogP contribution in [0.25, 0.3) is 0 Å². The summed E-state index contributed by atoms with van der Waals surface area (Å²) in [5.74, 6) is 0.952. The number of carbonyl (C=O) groups is 1. The molecule has 0 aromatic heterocycles. The molecular weight excluding hydrogens is 286 g/mol. The van der Waals surface area contributed by atoms with E-state index in [1.165, 1.54) is 0 Å². The number of nitrogens with one attached hydrogen (secondary N) is 1. The van der Waals surface area contributed by atoms with E-state index in [4.69, 9.17) is 4.43 Å². The van der Waals surface area contributed by atoms with Gasteiger partial charge in [-0.2, -0.15) is 0 Å². The number of amides is 1. The van der Waals surface area contributed by atoms with Gasteiger partial charge in [-0.05, 0) is 25.1 Å². The van der Waals surface area contributed by atoms with Crippen LogP contribution in [0.15, 0.2) is 12.7 Å². The molecule has 0 unspecified atom stereocenters. The van der Waals surface area contributed by atoms with E-state index in [0.717, 1.165) is 12.2 Å². The van der Waals surface area contributed by atoms with Crippen LogP contribution in [0.4, 0.5) is 0 Å². The van der Waals surface area contributed by atoms with Gasteiger partial charge in [0.15, 0.2) is 8.32 Å². The maximum atomic E-state index is 11.8. The van der Waals surface area contributed by atoms with Crippen molar-refractivity contribution in [2.45, 2.75) is 63.7 Å². The van der Waals surface area contributed by atoms with Gasteiger partial charge in [-0.3, -0.25) is 4.79 Å². The monoisotopic (exact) mass is 315 g/mol. The number of carbonyl (C=O) groups excluding carboxylic acids is 1. The molecular formula is C15H29NO2SSi. The van der Waals surface area contributed by atoms with Gasteiger partial charge in [0.25, 0.3) is 0 Å². The van der Waals surface area contributed by atoms with Crippen LogP contribution in [0.2, 0.25) is 18.1 Å². The second-order valence-electron chi connectivity index (χ2n) is 6.65. The van der Waals surface area contributed by atoms with Crippen LogP contribution in [0, 0.1) is 5.92 Å². The van der Waals surface area contributed by atoms with Crippen LogP contribution in [-0.4, -0.2) is 31.5 Å². The highest BCUT2D eigenvalue weighted by molar-refractivity contribution is 8.00. The molecule has 0 aliphatic carbocycles. The lowest BCUT2D eigenvalue weighted by Crippen LogP contribution is -2.62. The standard InChI is InChI=1S/C15H29NO2SSi/c1-8-10-19-14-12(13(17)16-14)11(3)18-20(6,7)15(4,5)9-2/h8,11-12,14H,1,9-10H2,2-7H3,(H,16,17)/t11-,12+,14-/m1/s1. The Morgan fingerprint density at radius 1 is 1.55 bits per heavy atom. The lowest BCUT2D eigenvalue weighted by molar-refractivity contribution is -0.136. The zero-order valence-electron chi connectivity index (χ0n) is 13.7. The third-order valence-corrected chi connectivity index (χ3v) is 10.6. The molecule has 5 heteroatoms. The first-order valence-corrected chi connectivity index (χ1v) is 11.3. The summed E-state index contributed by atoms with van der Waals surface area (Å²) in [5, 5.41) is 3.34. The first-order chi connectivity index (χ1) is 9.16. The van der Waals surface area contributed by atoms with E-state index in [0.29, 0.717) is 0 Å². The fraction of sp³-hybridized carbons (Fsp3) is 0.800. The van der Waals surface area contributed by atoms with Crippen LogP contribution >= 0.6 is 11.8 Å². The molecule has 1 saturated heterocycles. The fourth-order valence-electron chi connectivity index (χ4n) is 2.27. The highest BCUT2D eigenvalue weighted by Gasteiger charge is 2.48. The van der Waals surface area contributed by atoms with Gasteiger partial charge in [0.1, 0.15) is 0 Å². The molecule has 1 rings (SSSR count). The Morgan fingerprint density at radius 3 is 2.60 bits per heavy atom. The van der Waals surface area contributed by atoms with E-state index in [9.17, 15) is 4.79 Å². The molecule has 1 aliphatic heterocycles. The van der Waals surface area contributed by atoms with Crippen molar-refractivity contribution in [3.8, 4) is 0 Å². The van der Waals surface area contributed by atoms with Gasteiger partial charge in [0, 0.05) is 5.75 Å². The zero-order valence-corrected chi connectivity index (χ0v) is 15.5. The molecule has 20 heavy (non-hydrogen) atoms. The highest BCUT2D eigenvalue weighted by atomic mass is 32.2. The predicted molar refractivity (Wildman–Crippen MR) is 90.4 cm³/mol. The number of rotatable bonds is 8. The third-order valence-electron chi connectivity index (χ3n) is 4.81. The highest BCUT2D eigenvalue weighted by Crippen LogP contribution is 2.43. The van der Waals surface area contributed by atoms with Crippen LogP contribution in [0.1, 0.15) is 34.1 Å². The minimum atomic E-state index is -1.84. The van der Waals surface area contributed by atoms with Gasteiger partial charge < -0.3 is 9.74 Å². The van der Waals surface area contributed by atoms with E-state index in [2.05, 4.69) is 45.8 Å². The maximum absolute atomic E-state index is 11.8. The quantitative estimate of drug-likeness (QED) is 0.421. The SMILES string of the molecule is C=CCS[C@H]1NC(=O)[C@@H]1[C@@H](C)O[Si](C)(C)C(C)(C)CC. The first kappa shape index (κ1) is 17.8. The molecule has 3 atom stereocenters. The molecule has 1 aliphatic rings. The average molecular weight is 316 g/mol. The van der Waals surface area contributed by atoms with Crippen LogP contribution in [0.5, 0.6) is 0 Å². The number of β-lactam (4-membered cyclic amide) rings is 1. The van der Waals surface area contributed by atoms with E-state index in [-0.39, 0.29) is 28.3 Å². The van der Waals surface area contributed by atoms with Gasteiger partial charge in [0.05, 0.1) is 17.4 Å². The molecule has 0 spiro atoms. The number of hydrogen-bond donors (Lipinski definition) is 1. The zero-order chi connectivity index (χ0) is 15.6. The summed E-state index contributed by atoms with van der Waals surface area (Å²) in [7, 11) is -1.84. The van der Waals surface area contributed by atoms with E-state index < -0.39 is 8.32 Å². The van der Waals surface area contributed by atoms with Crippen molar-refractivity contribution in [3.63, 3.8) is 0 Å². The summed E-state index contributed by atoms with van der Waals surface area (Å²) in [4.78, 5) is 11.8. The van der Waals surface area contributed by atoms with Crippen molar-refractivity contribution in [1.82, 2.24) is 5.32 Å². The van der Waals surface area contributed by atoms with Crippen molar-refractivity contribution in [2.75, 3.05) is 5.75 Å². The number of thioether (sulfide) groups is 1. The van der Waals surface area contributed by atoms with Crippen LogP contribution < -0.4 is 5.32 Å². The Bertz CT molecular complexity index is 371. The summed E-state index contributed by atoms with van der Waals surface area (Å²) < 4.78 is 6.42. The largest absolute Gasteiger partial charge is 0.413 e. The van der Waals surface area contributed by atoms with E-state index in [1.807, 2.05) is 13.0 Å². The van der Waals surface area contributed by atoms with Crippen molar-refractivity contribution in [1.29, 1.82) is 0 Å².